The van der Waals surface area contributed by atoms with Gasteiger partial charge < -0.3 is 21.9 Å². The summed E-state index contributed by atoms with van der Waals surface area (Å²) in [5.74, 6) is -2.30. The lowest BCUT2D eigenvalue weighted by Crippen LogP contribution is -2.26. The van der Waals surface area contributed by atoms with Crippen molar-refractivity contribution >= 4 is 17.6 Å². The molecule has 0 saturated heterocycles. The van der Waals surface area contributed by atoms with E-state index in [4.69, 9.17) is 17.2 Å². The first-order valence-corrected chi connectivity index (χ1v) is 5.29. The van der Waals surface area contributed by atoms with Gasteiger partial charge in [-0.25, -0.2) is 4.99 Å². The van der Waals surface area contributed by atoms with E-state index in [1.807, 2.05) is 0 Å². The Balaban J connectivity index is 3.32. The van der Waals surface area contributed by atoms with E-state index in [1.165, 1.54) is 0 Å². The third-order valence-electron chi connectivity index (χ3n) is 1.99. The number of hydrogen-bond acceptors (Lipinski definition) is 2. The number of nitrogens with two attached hydrogens (primary N) is 3. The summed E-state index contributed by atoms with van der Waals surface area (Å²) >= 11 is 0. The van der Waals surface area contributed by atoms with Gasteiger partial charge in [0.25, 0.3) is 0 Å². The van der Waals surface area contributed by atoms with Gasteiger partial charge in [-0.05, 0) is 18.2 Å². The molecule has 6 nitrogen and oxygen atoms in total. The predicted molar refractivity (Wildman–Crippen MR) is 65.2 cm³/mol. The highest BCUT2D eigenvalue weighted by Gasteiger charge is 2.36. The summed E-state index contributed by atoms with van der Waals surface area (Å²) in [6.07, 6.45) is -10.1. The van der Waals surface area contributed by atoms with Gasteiger partial charge in [0.05, 0.1) is 11.3 Å². The summed E-state index contributed by atoms with van der Waals surface area (Å²) in [5.41, 5.74) is 12.8. The normalized spacial score (nSPS) is 12.9. The lowest BCUT2D eigenvalue weighted by Gasteiger charge is -2.13. The van der Waals surface area contributed by atoms with Gasteiger partial charge in [0.15, 0.2) is 5.96 Å². The van der Waals surface area contributed by atoms with Crippen LogP contribution in [-0.2, 0) is 6.18 Å². The highest BCUT2D eigenvalue weighted by Crippen LogP contribution is 2.39. The number of aliphatic imine (C=N–C) groups is 2. The SMILES string of the molecule is NC(N)=NC(N)=Nc1ccc(OC(F)(F)F)cc1C(F)(F)F. The quantitative estimate of drug-likeness (QED) is 0.436. The van der Waals surface area contributed by atoms with Crippen molar-refractivity contribution in [3.8, 4) is 5.75 Å². The van der Waals surface area contributed by atoms with Crippen molar-refractivity contribution in [2.75, 3.05) is 0 Å². The summed E-state index contributed by atoms with van der Waals surface area (Å²) in [6, 6.07) is 1.42. The molecule has 0 atom stereocenters. The zero-order valence-electron chi connectivity index (χ0n) is 10.5. The third-order valence-corrected chi connectivity index (χ3v) is 1.99. The Hall–Kier alpha value is -2.66. The van der Waals surface area contributed by atoms with Crippen LogP contribution in [0.3, 0.4) is 0 Å². The molecular formula is C10H9F6N5O. The van der Waals surface area contributed by atoms with Gasteiger partial charge in [-0.1, -0.05) is 0 Å². The van der Waals surface area contributed by atoms with E-state index in [-0.39, 0.29) is 6.07 Å². The van der Waals surface area contributed by atoms with E-state index in [2.05, 4.69) is 14.7 Å². The van der Waals surface area contributed by atoms with Crippen LogP contribution >= 0.6 is 0 Å². The fraction of sp³-hybridized carbons (Fsp3) is 0.200. The smallest absolute Gasteiger partial charge is 0.406 e. The van der Waals surface area contributed by atoms with Gasteiger partial charge in [-0.2, -0.15) is 18.2 Å². The van der Waals surface area contributed by atoms with Crippen LogP contribution in [0, 0.1) is 0 Å². The monoisotopic (exact) mass is 329 g/mol. The zero-order valence-corrected chi connectivity index (χ0v) is 10.5. The number of benzene rings is 1. The highest BCUT2D eigenvalue weighted by atomic mass is 19.4. The lowest BCUT2D eigenvalue weighted by atomic mass is 10.1. The molecule has 0 amide bonds. The van der Waals surface area contributed by atoms with Crippen LogP contribution in [0.15, 0.2) is 28.2 Å². The van der Waals surface area contributed by atoms with E-state index in [0.29, 0.717) is 12.1 Å². The Bertz CT molecular complexity index is 603. The fourth-order valence-electron chi connectivity index (χ4n) is 1.32. The topological polar surface area (TPSA) is 112 Å². The second kappa shape index (κ2) is 5.99. The van der Waals surface area contributed by atoms with E-state index in [0.717, 1.165) is 0 Å². The summed E-state index contributed by atoms with van der Waals surface area (Å²) in [4.78, 5) is 6.49. The molecule has 0 aliphatic heterocycles. The van der Waals surface area contributed by atoms with Crippen molar-refractivity contribution in [2.45, 2.75) is 12.5 Å². The molecule has 0 saturated carbocycles. The van der Waals surface area contributed by atoms with Crippen molar-refractivity contribution in [1.29, 1.82) is 0 Å². The summed E-state index contributed by atoms with van der Waals surface area (Å²) in [6.45, 7) is 0. The molecule has 0 aromatic heterocycles. The standard InChI is InChI=1S/C10H9F6N5O/c11-9(12,13)5-3-4(22-10(14,15)16)1-2-6(5)20-8(19)21-7(17)18/h1-3H,(H6,17,18,19,20,21). The van der Waals surface area contributed by atoms with Gasteiger partial charge >= 0.3 is 12.5 Å². The van der Waals surface area contributed by atoms with Crippen molar-refractivity contribution < 1.29 is 31.1 Å². The minimum Gasteiger partial charge on any atom is -0.406 e. The molecule has 1 aromatic carbocycles. The Morgan fingerprint density at radius 2 is 1.59 bits per heavy atom. The molecule has 0 bridgehead atoms. The van der Waals surface area contributed by atoms with Crippen LogP contribution in [0.1, 0.15) is 5.56 Å². The Labute approximate surface area is 119 Å². The van der Waals surface area contributed by atoms with Crippen molar-refractivity contribution in [3.63, 3.8) is 0 Å². The maximum Gasteiger partial charge on any atom is 0.573 e. The minimum atomic E-state index is -5.13. The molecule has 1 aromatic rings. The van der Waals surface area contributed by atoms with Gasteiger partial charge in [-0.15, -0.1) is 13.2 Å². The van der Waals surface area contributed by atoms with Crippen LogP contribution in [0.25, 0.3) is 0 Å². The van der Waals surface area contributed by atoms with Crippen molar-refractivity contribution in [2.24, 2.45) is 27.2 Å². The number of alkyl halides is 6. The fourth-order valence-corrected chi connectivity index (χ4v) is 1.32. The van der Waals surface area contributed by atoms with Crippen LogP contribution in [0.4, 0.5) is 32.0 Å². The zero-order chi connectivity index (χ0) is 17.1. The molecule has 0 unspecified atom stereocenters. The van der Waals surface area contributed by atoms with E-state index >= 15 is 0 Å². The van der Waals surface area contributed by atoms with Crippen LogP contribution in [-0.4, -0.2) is 18.3 Å². The summed E-state index contributed by atoms with van der Waals surface area (Å²) in [5, 5.41) is 0. The number of hydrogen-bond donors (Lipinski definition) is 3. The molecule has 0 fully saturated rings. The third kappa shape index (κ3) is 5.38. The molecule has 12 heteroatoms. The molecular weight excluding hydrogens is 320 g/mol. The first kappa shape index (κ1) is 17.4. The average Bonchev–Trinajstić information content (AvgIpc) is 2.26. The van der Waals surface area contributed by atoms with E-state index in [1.54, 1.807) is 0 Å². The van der Waals surface area contributed by atoms with Gasteiger partial charge in [-0.3, -0.25) is 0 Å². The molecule has 0 aliphatic carbocycles. The number of halogens is 6. The minimum absolute atomic E-state index is 0.134. The van der Waals surface area contributed by atoms with Crippen molar-refractivity contribution in [1.82, 2.24) is 0 Å². The molecule has 1 rings (SSSR count). The Kier molecular flexibility index (Phi) is 4.74. The second-order valence-electron chi connectivity index (χ2n) is 3.73. The van der Waals surface area contributed by atoms with Crippen LogP contribution in [0.2, 0.25) is 0 Å². The lowest BCUT2D eigenvalue weighted by molar-refractivity contribution is -0.274. The molecule has 0 spiro atoms. The van der Waals surface area contributed by atoms with Gasteiger partial charge in [0, 0.05) is 0 Å². The molecule has 122 valence electrons. The maximum atomic E-state index is 12.8. The summed E-state index contributed by atoms with van der Waals surface area (Å²) in [7, 11) is 0. The predicted octanol–water partition coefficient (Wildman–Crippen LogP) is 1.82. The molecule has 6 N–H and O–H groups in total. The Morgan fingerprint density at radius 3 is 2.05 bits per heavy atom. The second-order valence-corrected chi connectivity index (χ2v) is 3.73. The molecule has 0 aliphatic rings. The van der Waals surface area contributed by atoms with E-state index < -0.39 is 41.5 Å². The average molecular weight is 329 g/mol. The molecule has 0 radical (unpaired) electrons. The van der Waals surface area contributed by atoms with Gasteiger partial charge in [0.2, 0.25) is 5.96 Å². The largest absolute Gasteiger partial charge is 0.573 e. The molecule has 22 heavy (non-hydrogen) atoms. The van der Waals surface area contributed by atoms with E-state index in [9.17, 15) is 26.3 Å². The first-order valence-electron chi connectivity index (χ1n) is 5.29. The number of rotatable bonds is 2. The number of guanidine groups is 2. The highest BCUT2D eigenvalue weighted by molar-refractivity contribution is 5.93. The van der Waals surface area contributed by atoms with Crippen LogP contribution < -0.4 is 21.9 Å². The number of nitrogens with zero attached hydrogens (tertiary/aromatic N) is 2. The first-order chi connectivity index (χ1) is 9.88. The maximum absolute atomic E-state index is 12.8. The Morgan fingerprint density at radius 1 is 1.00 bits per heavy atom. The molecule has 0 heterocycles. The number of ether oxygens (including phenoxy) is 1. The van der Waals surface area contributed by atoms with Gasteiger partial charge in [0.1, 0.15) is 5.75 Å². The van der Waals surface area contributed by atoms with Crippen molar-refractivity contribution in [3.05, 3.63) is 23.8 Å². The summed E-state index contributed by atoms with van der Waals surface area (Å²) < 4.78 is 78.0. The van der Waals surface area contributed by atoms with Crippen LogP contribution in [0.5, 0.6) is 5.75 Å².